The zero-order chi connectivity index (χ0) is 14.5. The molecule has 1 unspecified atom stereocenters. The standard InChI is InChI=1S/C16H19F2NS/c1-3-6-13(19-4-2)15-10-9-14(20-15)11-7-5-8-12(17)16(11)18/h5,7-10,13,19H,3-4,6H2,1-2H3. The molecule has 2 rings (SSSR count). The number of hydrogen-bond acceptors (Lipinski definition) is 2. The van der Waals surface area contributed by atoms with Crippen molar-refractivity contribution in [2.75, 3.05) is 6.54 Å². The Morgan fingerprint density at radius 2 is 1.95 bits per heavy atom. The summed E-state index contributed by atoms with van der Waals surface area (Å²) in [6.07, 6.45) is 2.12. The van der Waals surface area contributed by atoms with Gasteiger partial charge in [-0.05, 0) is 31.2 Å². The monoisotopic (exact) mass is 295 g/mol. The van der Waals surface area contributed by atoms with Crippen molar-refractivity contribution in [2.45, 2.75) is 32.7 Å². The molecule has 2 aromatic rings. The first-order chi connectivity index (χ1) is 9.67. The van der Waals surface area contributed by atoms with Gasteiger partial charge in [-0.15, -0.1) is 11.3 Å². The van der Waals surface area contributed by atoms with E-state index in [2.05, 4.69) is 19.2 Å². The fourth-order valence-corrected chi connectivity index (χ4v) is 3.40. The van der Waals surface area contributed by atoms with Crippen molar-refractivity contribution in [2.24, 2.45) is 0 Å². The molecule has 1 atom stereocenters. The molecule has 0 aliphatic carbocycles. The van der Waals surface area contributed by atoms with Gasteiger partial charge in [0.1, 0.15) is 0 Å². The van der Waals surface area contributed by atoms with E-state index in [1.807, 2.05) is 12.1 Å². The van der Waals surface area contributed by atoms with Crippen molar-refractivity contribution in [1.82, 2.24) is 5.32 Å². The largest absolute Gasteiger partial charge is 0.310 e. The molecular formula is C16H19F2NS. The Balaban J connectivity index is 2.30. The van der Waals surface area contributed by atoms with Gasteiger partial charge in [-0.2, -0.15) is 0 Å². The molecule has 0 aliphatic heterocycles. The Morgan fingerprint density at radius 3 is 2.65 bits per heavy atom. The van der Waals surface area contributed by atoms with Crippen LogP contribution in [0.3, 0.4) is 0 Å². The van der Waals surface area contributed by atoms with Crippen LogP contribution in [0.5, 0.6) is 0 Å². The van der Waals surface area contributed by atoms with E-state index in [1.54, 1.807) is 12.1 Å². The van der Waals surface area contributed by atoms with Crippen LogP contribution in [0.25, 0.3) is 10.4 Å². The zero-order valence-corrected chi connectivity index (χ0v) is 12.6. The summed E-state index contributed by atoms with van der Waals surface area (Å²) < 4.78 is 27.1. The Kier molecular flexibility index (Phi) is 5.26. The topological polar surface area (TPSA) is 12.0 Å². The van der Waals surface area contributed by atoms with Gasteiger partial charge in [-0.25, -0.2) is 8.78 Å². The lowest BCUT2D eigenvalue weighted by atomic mass is 10.1. The van der Waals surface area contributed by atoms with E-state index in [1.165, 1.54) is 16.2 Å². The van der Waals surface area contributed by atoms with Gasteiger partial charge in [0, 0.05) is 21.4 Å². The maximum absolute atomic E-state index is 13.8. The smallest absolute Gasteiger partial charge is 0.167 e. The van der Waals surface area contributed by atoms with Gasteiger partial charge in [0.15, 0.2) is 11.6 Å². The summed E-state index contributed by atoms with van der Waals surface area (Å²) in [5.41, 5.74) is 0.341. The predicted molar refractivity (Wildman–Crippen MR) is 81.0 cm³/mol. The van der Waals surface area contributed by atoms with E-state index >= 15 is 0 Å². The molecule has 0 aliphatic rings. The molecule has 0 fully saturated rings. The Morgan fingerprint density at radius 1 is 1.15 bits per heavy atom. The van der Waals surface area contributed by atoms with Crippen LogP contribution < -0.4 is 5.32 Å². The highest BCUT2D eigenvalue weighted by Gasteiger charge is 2.15. The number of hydrogen-bond donors (Lipinski definition) is 1. The molecular weight excluding hydrogens is 276 g/mol. The summed E-state index contributed by atoms with van der Waals surface area (Å²) in [5, 5.41) is 3.43. The summed E-state index contributed by atoms with van der Waals surface area (Å²) in [4.78, 5) is 1.95. The van der Waals surface area contributed by atoms with Crippen LogP contribution in [-0.2, 0) is 0 Å². The second-order valence-corrected chi connectivity index (χ2v) is 5.82. The van der Waals surface area contributed by atoms with E-state index in [4.69, 9.17) is 0 Å². The van der Waals surface area contributed by atoms with Crippen molar-refractivity contribution in [3.63, 3.8) is 0 Å². The predicted octanol–water partition coefficient (Wildman–Crippen LogP) is 5.14. The minimum atomic E-state index is -0.797. The van der Waals surface area contributed by atoms with E-state index in [9.17, 15) is 8.78 Å². The normalized spacial score (nSPS) is 12.6. The van der Waals surface area contributed by atoms with Gasteiger partial charge in [0.25, 0.3) is 0 Å². The molecule has 0 bridgehead atoms. The highest BCUT2D eigenvalue weighted by molar-refractivity contribution is 7.15. The molecule has 4 heteroatoms. The molecule has 0 radical (unpaired) electrons. The minimum absolute atomic E-state index is 0.292. The second-order valence-electron chi connectivity index (χ2n) is 4.70. The van der Waals surface area contributed by atoms with Crippen molar-refractivity contribution in [1.29, 1.82) is 0 Å². The molecule has 0 saturated carbocycles. The molecule has 1 nitrogen and oxygen atoms in total. The highest BCUT2D eigenvalue weighted by Crippen LogP contribution is 2.34. The molecule has 20 heavy (non-hydrogen) atoms. The number of benzene rings is 1. The molecule has 0 spiro atoms. The second kappa shape index (κ2) is 6.95. The molecule has 1 heterocycles. The van der Waals surface area contributed by atoms with Gasteiger partial charge in [0.2, 0.25) is 0 Å². The van der Waals surface area contributed by atoms with Crippen molar-refractivity contribution in [3.05, 3.63) is 46.8 Å². The average Bonchev–Trinajstić information content (AvgIpc) is 2.91. The van der Waals surface area contributed by atoms with E-state index in [-0.39, 0.29) is 0 Å². The van der Waals surface area contributed by atoms with Gasteiger partial charge in [-0.1, -0.05) is 32.4 Å². The third kappa shape index (κ3) is 3.25. The SMILES string of the molecule is CCCC(NCC)c1ccc(-c2cccc(F)c2F)s1. The van der Waals surface area contributed by atoms with Gasteiger partial charge < -0.3 is 5.32 Å². The van der Waals surface area contributed by atoms with Crippen LogP contribution in [0, 0.1) is 11.6 Å². The minimum Gasteiger partial charge on any atom is -0.310 e. The first-order valence-corrected chi connectivity index (χ1v) is 7.76. The Labute approximate surface area is 122 Å². The van der Waals surface area contributed by atoms with Crippen molar-refractivity contribution in [3.8, 4) is 10.4 Å². The molecule has 1 aromatic carbocycles. The van der Waals surface area contributed by atoms with Crippen LogP contribution in [0.15, 0.2) is 30.3 Å². The highest BCUT2D eigenvalue weighted by atomic mass is 32.1. The maximum atomic E-state index is 13.8. The molecule has 1 aromatic heterocycles. The van der Waals surface area contributed by atoms with Gasteiger partial charge in [-0.3, -0.25) is 0 Å². The average molecular weight is 295 g/mol. The molecule has 1 N–H and O–H groups in total. The van der Waals surface area contributed by atoms with E-state index in [0.29, 0.717) is 11.6 Å². The summed E-state index contributed by atoms with van der Waals surface area (Å²) >= 11 is 1.53. The maximum Gasteiger partial charge on any atom is 0.167 e. The lowest BCUT2D eigenvalue weighted by Gasteiger charge is -2.15. The van der Waals surface area contributed by atoms with Crippen LogP contribution in [-0.4, -0.2) is 6.54 Å². The first-order valence-electron chi connectivity index (χ1n) is 6.94. The lowest BCUT2D eigenvalue weighted by Crippen LogP contribution is -2.19. The Hall–Kier alpha value is -1.26. The summed E-state index contributed by atoms with van der Waals surface area (Å²) in [6.45, 7) is 5.11. The summed E-state index contributed by atoms with van der Waals surface area (Å²) in [5.74, 6) is -1.56. The third-order valence-electron chi connectivity index (χ3n) is 3.22. The van der Waals surface area contributed by atoms with E-state index < -0.39 is 11.6 Å². The number of nitrogens with one attached hydrogen (secondary N) is 1. The first kappa shape index (κ1) is 15.1. The third-order valence-corrected chi connectivity index (χ3v) is 4.45. The summed E-state index contributed by atoms with van der Waals surface area (Å²) in [7, 11) is 0. The molecule has 0 saturated heterocycles. The molecule has 108 valence electrons. The molecule has 0 amide bonds. The number of halogens is 2. The van der Waals surface area contributed by atoms with Crippen molar-refractivity contribution >= 4 is 11.3 Å². The number of rotatable bonds is 6. The van der Waals surface area contributed by atoms with Crippen molar-refractivity contribution < 1.29 is 8.78 Å². The fraction of sp³-hybridized carbons (Fsp3) is 0.375. The van der Waals surface area contributed by atoms with E-state index in [0.717, 1.165) is 30.3 Å². The van der Waals surface area contributed by atoms with Crippen LogP contribution in [0.4, 0.5) is 8.78 Å². The fourth-order valence-electron chi connectivity index (χ4n) is 2.26. The van der Waals surface area contributed by atoms with Gasteiger partial charge >= 0.3 is 0 Å². The summed E-state index contributed by atoms with van der Waals surface area (Å²) in [6, 6.07) is 8.48. The van der Waals surface area contributed by atoms with Crippen LogP contribution >= 0.6 is 11.3 Å². The lowest BCUT2D eigenvalue weighted by molar-refractivity contribution is 0.511. The van der Waals surface area contributed by atoms with Gasteiger partial charge in [0.05, 0.1) is 0 Å². The quantitative estimate of drug-likeness (QED) is 0.777. The Bertz CT molecular complexity index is 559. The van der Waals surface area contributed by atoms with Crippen LogP contribution in [0.2, 0.25) is 0 Å². The zero-order valence-electron chi connectivity index (χ0n) is 11.7. The van der Waals surface area contributed by atoms with Crippen LogP contribution in [0.1, 0.15) is 37.6 Å². The number of thiophene rings is 1.